The SMILES string of the molecule is Cc1ccc(C)c(-c2ccc3c(NC(=O)C4CCCC4)n[nH]c3c2)c1. The van der Waals surface area contributed by atoms with E-state index in [1.807, 2.05) is 6.07 Å². The van der Waals surface area contributed by atoms with E-state index in [-0.39, 0.29) is 11.8 Å². The van der Waals surface area contributed by atoms with Gasteiger partial charge in [-0.25, -0.2) is 0 Å². The van der Waals surface area contributed by atoms with Gasteiger partial charge in [0.05, 0.1) is 5.52 Å². The number of aromatic nitrogens is 2. The first-order valence-corrected chi connectivity index (χ1v) is 8.98. The molecule has 0 spiro atoms. The third-order valence-electron chi connectivity index (χ3n) is 5.23. The van der Waals surface area contributed by atoms with E-state index in [0.29, 0.717) is 5.82 Å². The molecule has 4 rings (SSSR count). The number of aromatic amines is 1. The molecule has 0 aliphatic heterocycles. The average Bonchev–Trinajstić information content (AvgIpc) is 3.27. The van der Waals surface area contributed by atoms with Crippen LogP contribution in [0.1, 0.15) is 36.8 Å². The maximum Gasteiger partial charge on any atom is 0.228 e. The molecule has 2 N–H and O–H groups in total. The van der Waals surface area contributed by atoms with E-state index in [1.54, 1.807) is 0 Å². The van der Waals surface area contributed by atoms with Crippen LogP contribution < -0.4 is 5.32 Å². The second-order valence-corrected chi connectivity index (χ2v) is 7.12. The van der Waals surface area contributed by atoms with E-state index in [1.165, 1.54) is 16.7 Å². The molecule has 1 aliphatic carbocycles. The van der Waals surface area contributed by atoms with Gasteiger partial charge in [-0.1, -0.05) is 42.7 Å². The molecule has 0 atom stereocenters. The summed E-state index contributed by atoms with van der Waals surface area (Å²) in [5.74, 6) is 0.880. The third-order valence-corrected chi connectivity index (χ3v) is 5.23. The molecule has 0 bridgehead atoms. The van der Waals surface area contributed by atoms with Crippen molar-refractivity contribution >= 4 is 22.6 Å². The van der Waals surface area contributed by atoms with Gasteiger partial charge in [0, 0.05) is 11.3 Å². The number of amides is 1. The van der Waals surface area contributed by atoms with Gasteiger partial charge in [-0.15, -0.1) is 0 Å². The van der Waals surface area contributed by atoms with Crippen molar-refractivity contribution in [2.75, 3.05) is 5.32 Å². The molecule has 4 heteroatoms. The van der Waals surface area contributed by atoms with Crippen molar-refractivity contribution in [3.8, 4) is 11.1 Å². The number of benzene rings is 2. The Labute approximate surface area is 147 Å². The molecule has 1 heterocycles. The fourth-order valence-electron chi connectivity index (χ4n) is 3.74. The third kappa shape index (κ3) is 3.04. The number of H-pyrrole nitrogens is 1. The Balaban J connectivity index is 1.64. The van der Waals surface area contributed by atoms with Crippen molar-refractivity contribution in [1.29, 1.82) is 0 Å². The smallest absolute Gasteiger partial charge is 0.228 e. The second-order valence-electron chi connectivity index (χ2n) is 7.12. The maximum atomic E-state index is 12.4. The Morgan fingerprint density at radius 2 is 1.92 bits per heavy atom. The minimum Gasteiger partial charge on any atom is -0.308 e. The molecule has 25 heavy (non-hydrogen) atoms. The van der Waals surface area contributed by atoms with Crippen molar-refractivity contribution < 1.29 is 4.79 Å². The lowest BCUT2D eigenvalue weighted by molar-refractivity contribution is -0.119. The number of aryl methyl sites for hydroxylation is 2. The van der Waals surface area contributed by atoms with Gasteiger partial charge in [0.15, 0.2) is 5.82 Å². The van der Waals surface area contributed by atoms with E-state index < -0.39 is 0 Å². The molecule has 1 amide bonds. The van der Waals surface area contributed by atoms with Gasteiger partial charge >= 0.3 is 0 Å². The first-order chi connectivity index (χ1) is 12.1. The van der Waals surface area contributed by atoms with E-state index >= 15 is 0 Å². The van der Waals surface area contributed by atoms with Crippen molar-refractivity contribution in [3.05, 3.63) is 47.5 Å². The summed E-state index contributed by atoms with van der Waals surface area (Å²) in [7, 11) is 0. The molecule has 2 aromatic carbocycles. The quantitative estimate of drug-likeness (QED) is 0.710. The minimum absolute atomic E-state index is 0.101. The topological polar surface area (TPSA) is 57.8 Å². The average molecular weight is 333 g/mol. The molecular formula is C21H23N3O. The van der Waals surface area contributed by atoms with Crippen LogP contribution in [0.5, 0.6) is 0 Å². The Morgan fingerprint density at radius 3 is 2.72 bits per heavy atom. The van der Waals surface area contributed by atoms with Crippen LogP contribution in [0.4, 0.5) is 5.82 Å². The van der Waals surface area contributed by atoms with Crippen LogP contribution in [-0.4, -0.2) is 16.1 Å². The Hall–Kier alpha value is -2.62. The molecule has 0 radical (unpaired) electrons. The highest BCUT2D eigenvalue weighted by Gasteiger charge is 2.23. The van der Waals surface area contributed by atoms with Gasteiger partial charge in [0.25, 0.3) is 0 Å². The predicted octanol–water partition coefficient (Wildman–Crippen LogP) is 4.98. The van der Waals surface area contributed by atoms with Gasteiger partial charge in [-0.2, -0.15) is 5.10 Å². The Morgan fingerprint density at radius 1 is 1.12 bits per heavy atom. The number of fused-ring (bicyclic) bond motifs is 1. The van der Waals surface area contributed by atoms with Crippen molar-refractivity contribution in [1.82, 2.24) is 10.2 Å². The number of hydrogen-bond acceptors (Lipinski definition) is 2. The number of carbonyl (C=O) groups is 1. The highest BCUT2D eigenvalue weighted by atomic mass is 16.2. The lowest BCUT2D eigenvalue weighted by Gasteiger charge is -2.09. The minimum atomic E-state index is 0.101. The Kier molecular flexibility index (Phi) is 4.04. The summed E-state index contributed by atoms with van der Waals surface area (Å²) in [6.45, 7) is 4.23. The number of rotatable bonds is 3. The van der Waals surface area contributed by atoms with Gasteiger partial charge in [-0.05, 0) is 55.5 Å². The van der Waals surface area contributed by atoms with Crippen molar-refractivity contribution in [2.24, 2.45) is 5.92 Å². The monoisotopic (exact) mass is 333 g/mol. The molecule has 1 saturated carbocycles. The Bertz CT molecular complexity index is 935. The van der Waals surface area contributed by atoms with Crippen molar-refractivity contribution in [3.63, 3.8) is 0 Å². The zero-order valence-corrected chi connectivity index (χ0v) is 14.7. The van der Waals surface area contributed by atoms with Crippen LogP contribution >= 0.6 is 0 Å². The van der Waals surface area contributed by atoms with Gasteiger partial charge in [0.2, 0.25) is 5.91 Å². The van der Waals surface area contributed by atoms with Crippen LogP contribution in [-0.2, 0) is 4.79 Å². The van der Waals surface area contributed by atoms with E-state index in [9.17, 15) is 4.79 Å². The lowest BCUT2D eigenvalue weighted by Crippen LogP contribution is -2.20. The summed E-state index contributed by atoms with van der Waals surface area (Å²) in [5, 5.41) is 11.4. The van der Waals surface area contributed by atoms with Crippen LogP contribution in [0.3, 0.4) is 0 Å². The first kappa shape index (κ1) is 15.9. The number of anilines is 1. The largest absolute Gasteiger partial charge is 0.308 e. The van der Waals surface area contributed by atoms with E-state index in [4.69, 9.17) is 0 Å². The molecule has 1 aromatic heterocycles. The molecule has 1 aliphatic rings. The summed E-state index contributed by atoms with van der Waals surface area (Å²) in [5.41, 5.74) is 5.83. The zero-order valence-electron chi connectivity index (χ0n) is 14.7. The first-order valence-electron chi connectivity index (χ1n) is 8.98. The van der Waals surface area contributed by atoms with Crippen LogP contribution in [0, 0.1) is 19.8 Å². The summed E-state index contributed by atoms with van der Waals surface area (Å²) >= 11 is 0. The number of nitrogens with one attached hydrogen (secondary N) is 2. The second kappa shape index (κ2) is 6.36. The standard InChI is InChI=1S/C21H23N3O/c1-13-7-8-14(2)18(11-13)16-9-10-17-19(12-16)23-24-20(17)22-21(25)15-5-3-4-6-15/h7-12,15H,3-6H2,1-2H3,(H2,22,23,24,25). The molecule has 4 nitrogen and oxygen atoms in total. The summed E-state index contributed by atoms with van der Waals surface area (Å²) in [6, 6.07) is 12.7. The summed E-state index contributed by atoms with van der Waals surface area (Å²) < 4.78 is 0. The van der Waals surface area contributed by atoms with Gasteiger partial charge < -0.3 is 5.32 Å². The molecular weight excluding hydrogens is 310 g/mol. The van der Waals surface area contributed by atoms with Gasteiger partial charge in [-0.3, -0.25) is 9.89 Å². The van der Waals surface area contributed by atoms with Crippen LogP contribution in [0.2, 0.25) is 0 Å². The molecule has 3 aromatic rings. The van der Waals surface area contributed by atoms with Crippen molar-refractivity contribution in [2.45, 2.75) is 39.5 Å². The zero-order chi connectivity index (χ0) is 17.4. The molecule has 0 unspecified atom stereocenters. The molecule has 0 saturated heterocycles. The van der Waals surface area contributed by atoms with Crippen LogP contribution in [0.15, 0.2) is 36.4 Å². The van der Waals surface area contributed by atoms with Crippen LogP contribution in [0.25, 0.3) is 22.0 Å². The molecule has 128 valence electrons. The number of hydrogen-bond donors (Lipinski definition) is 2. The predicted molar refractivity (Wildman–Crippen MR) is 102 cm³/mol. The lowest BCUT2D eigenvalue weighted by atomic mass is 9.98. The molecule has 1 fully saturated rings. The van der Waals surface area contributed by atoms with E-state index in [0.717, 1.165) is 42.1 Å². The number of nitrogens with zero attached hydrogens (tertiary/aromatic N) is 1. The maximum absolute atomic E-state index is 12.4. The highest BCUT2D eigenvalue weighted by molar-refractivity contribution is 6.01. The number of carbonyl (C=O) groups excluding carboxylic acids is 1. The fourth-order valence-corrected chi connectivity index (χ4v) is 3.74. The summed E-state index contributed by atoms with van der Waals surface area (Å²) in [6.07, 6.45) is 4.28. The van der Waals surface area contributed by atoms with Gasteiger partial charge in [0.1, 0.15) is 0 Å². The fraction of sp³-hybridized carbons (Fsp3) is 0.333. The summed E-state index contributed by atoms with van der Waals surface area (Å²) in [4.78, 5) is 12.4. The van der Waals surface area contributed by atoms with E-state index in [2.05, 4.69) is 59.7 Å². The highest BCUT2D eigenvalue weighted by Crippen LogP contribution is 2.31. The normalized spacial score (nSPS) is 15.0.